The number of carbonyl (C=O) groups is 1. The van der Waals surface area contributed by atoms with Crippen LogP contribution in [0.25, 0.3) is 10.2 Å². The minimum atomic E-state index is -3.59. The van der Waals surface area contributed by atoms with Crippen LogP contribution in [0.3, 0.4) is 0 Å². The summed E-state index contributed by atoms with van der Waals surface area (Å²) < 4.78 is 30.6. The summed E-state index contributed by atoms with van der Waals surface area (Å²) in [5.74, 6) is 2.59. The summed E-state index contributed by atoms with van der Waals surface area (Å²) >= 11 is 1.42. The Morgan fingerprint density at radius 2 is 1.94 bits per heavy atom. The molecule has 1 aliphatic heterocycles. The van der Waals surface area contributed by atoms with E-state index in [1.165, 1.54) is 41.2 Å². The van der Waals surface area contributed by atoms with Crippen LogP contribution in [0.15, 0.2) is 52.4 Å². The summed E-state index contributed by atoms with van der Waals surface area (Å²) in [6.45, 7) is 7.04. The minimum Gasteiger partial charge on any atom is -0.305 e. The molecule has 1 amide bonds. The number of hydrogen-bond donors (Lipinski definition) is 0. The van der Waals surface area contributed by atoms with Gasteiger partial charge in [-0.25, -0.2) is 8.42 Å². The summed E-state index contributed by atoms with van der Waals surface area (Å²) in [5.41, 5.74) is 2.48. The lowest BCUT2D eigenvalue weighted by molar-refractivity contribution is 0.0997. The maximum Gasteiger partial charge on any atom is 0.279 e. The zero-order valence-corrected chi connectivity index (χ0v) is 21.3. The Bertz CT molecular complexity index is 1420. The molecule has 0 spiro atoms. The van der Waals surface area contributed by atoms with Crippen LogP contribution in [0.4, 0.5) is 0 Å². The molecule has 1 fully saturated rings. The van der Waals surface area contributed by atoms with Crippen LogP contribution in [0.5, 0.6) is 0 Å². The van der Waals surface area contributed by atoms with Gasteiger partial charge in [-0.1, -0.05) is 43.6 Å². The van der Waals surface area contributed by atoms with Gasteiger partial charge >= 0.3 is 0 Å². The first-order valence-electron chi connectivity index (χ1n) is 11.5. The maximum absolute atomic E-state index is 13.1. The zero-order chi connectivity index (χ0) is 24.5. The number of aromatic nitrogens is 1. The molecular weight excluding hydrogens is 466 g/mol. The predicted molar refractivity (Wildman–Crippen MR) is 136 cm³/mol. The number of amides is 1. The second-order valence-corrected chi connectivity index (χ2v) is 11.9. The number of hydrogen-bond acceptors (Lipinski definition) is 4. The van der Waals surface area contributed by atoms with Crippen molar-refractivity contribution in [2.24, 2.45) is 4.99 Å². The Morgan fingerprint density at radius 1 is 1.21 bits per heavy atom. The lowest BCUT2D eigenvalue weighted by atomic mass is 10.0. The van der Waals surface area contributed by atoms with E-state index < -0.39 is 15.9 Å². The molecule has 1 atom stereocenters. The zero-order valence-electron chi connectivity index (χ0n) is 19.7. The van der Waals surface area contributed by atoms with Crippen LogP contribution < -0.4 is 4.80 Å². The van der Waals surface area contributed by atoms with E-state index in [-0.39, 0.29) is 10.9 Å². The third kappa shape index (κ3) is 4.74. The summed E-state index contributed by atoms with van der Waals surface area (Å²) in [5, 5.41) is 0. The van der Waals surface area contributed by atoms with E-state index in [0.29, 0.717) is 29.4 Å². The molecule has 34 heavy (non-hydrogen) atoms. The van der Waals surface area contributed by atoms with Crippen LogP contribution in [0, 0.1) is 12.3 Å². The van der Waals surface area contributed by atoms with Gasteiger partial charge in [-0.3, -0.25) is 4.79 Å². The third-order valence-corrected chi connectivity index (χ3v) is 9.34. The standard InChI is InChI=1S/C26H29N3O3S2/c1-5-15-28-23-14-11-21(18(2)3)17-24(23)33-26(28)27-25(30)20-9-12-22(13-10-20)34(31,32)29-16-7-6-8-19(29)4/h1,9-14,17-19H,6-8,15-16H2,2-4H3. The highest BCUT2D eigenvalue weighted by molar-refractivity contribution is 7.89. The third-order valence-electron chi connectivity index (χ3n) is 6.27. The van der Waals surface area contributed by atoms with Crippen molar-refractivity contribution in [2.75, 3.05) is 6.54 Å². The molecule has 6 nitrogen and oxygen atoms in total. The number of carbonyl (C=O) groups excluding carboxylic acids is 1. The fourth-order valence-electron chi connectivity index (χ4n) is 4.26. The number of thiazole rings is 1. The largest absolute Gasteiger partial charge is 0.305 e. The molecule has 3 aromatic rings. The van der Waals surface area contributed by atoms with Crippen LogP contribution in [-0.2, 0) is 16.6 Å². The van der Waals surface area contributed by atoms with Crippen LogP contribution in [0.2, 0.25) is 0 Å². The lowest BCUT2D eigenvalue weighted by Crippen LogP contribution is -2.41. The quantitative estimate of drug-likeness (QED) is 0.479. The molecular formula is C26H29N3O3S2. The summed E-state index contributed by atoms with van der Waals surface area (Å²) in [6, 6.07) is 12.2. The lowest BCUT2D eigenvalue weighted by Gasteiger charge is -2.32. The maximum atomic E-state index is 13.1. The van der Waals surface area contributed by atoms with Gasteiger partial charge in [-0.15, -0.1) is 6.42 Å². The average Bonchev–Trinajstić information content (AvgIpc) is 3.15. The molecule has 0 saturated carbocycles. The number of piperidine rings is 1. The summed E-state index contributed by atoms with van der Waals surface area (Å²) in [4.78, 5) is 18.0. The molecule has 0 N–H and O–H groups in total. The molecule has 4 rings (SSSR count). The van der Waals surface area contributed by atoms with E-state index in [4.69, 9.17) is 6.42 Å². The highest BCUT2D eigenvalue weighted by Crippen LogP contribution is 2.26. The molecule has 1 aliphatic rings. The first kappa shape index (κ1) is 24.4. The van der Waals surface area contributed by atoms with Crippen LogP contribution in [0.1, 0.15) is 61.9 Å². The van der Waals surface area contributed by atoms with Gasteiger partial charge in [0.25, 0.3) is 5.91 Å². The van der Waals surface area contributed by atoms with Gasteiger partial charge in [0.05, 0.1) is 21.7 Å². The topological polar surface area (TPSA) is 71.7 Å². The first-order chi connectivity index (χ1) is 16.2. The van der Waals surface area contributed by atoms with Gasteiger partial charge in [0.2, 0.25) is 10.0 Å². The molecule has 0 bridgehead atoms. The van der Waals surface area contributed by atoms with E-state index in [2.05, 4.69) is 36.9 Å². The predicted octanol–water partition coefficient (Wildman–Crippen LogP) is 4.76. The highest BCUT2D eigenvalue weighted by Gasteiger charge is 2.30. The number of sulfonamides is 1. The molecule has 0 aliphatic carbocycles. The Labute approximate surface area is 205 Å². The van der Waals surface area contributed by atoms with Crippen molar-refractivity contribution in [1.29, 1.82) is 0 Å². The second kappa shape index (κ2) is 9.87. The van der Waals surface area contributed by atoms with Gasteiger partial charge in [-0.05, 0) is 67.6 Å². The fraction of sp³-hybridized carbons (Fsp3) is 0.385. The van der Waals surface area contributed by atoms with Crippen molar-refractivity contribution >= 4 is 37.5 Å². The van der Waals surface area contributed by atoms with Crippen LogP contribution in [-0.4, -0.2) is 35.8 Å². The van der Waals surface area contributed by atoms with Gasteiger partial charge in [0, 0.05) is 18.2 Å². The van der Waals surface area contributed by atoms with Crippen molar-refractivity contribution in [3.8, 4) is 12.3 Å². The Hall–Kier alpha value is -2.73. The summed E-state index contributed by atoms with van der Waals surface area (Å²) in [7, 11) is -3.59. The SMILES string of the molecule is C#CCn1c(=NC(=O)c2ccc(S(=O)(=O)N3CCCCC3C)cc2)sc2cc(C(C)C)ccc21. The Balaban J connectivity index is 1.66. The second-order valence-electron chi connectivity index (χ2n) is 8.96. The molecule has 178 valence electrons. The van der Waals surface area contributed by atoms with Gasteiger partial charge in [0.1, 0.15) is 0 Å². The fourth-order valence-corrected chi connectivity index (χ4v) is 7.04. The molecule has 0 radical (unpaired) electrons. The highest BCUT2D eigenvalue weighted by atomic mass is 32.2. The van der Waals surface area contributed by atoms with Crippen LogP contribution >= 0.6 is 11.3 Å². The Kier molecular flexibility index (Phi) is 7.08. The normalized spacial score (nSPS) is 17.9. The van der Waals surface area contributed by atoms with Crippen molar-refractivity contribution in [3.05, 3.63) is 58.4 Å². The molecule has 8 heteroatoms. The van der Waals surface area contributed by atoms with Gasteiger partial charge < -0.3 is 4.57 Å². The summed E-state index contributed by atoms with van der Waals surface area (Å²) in [6.07, 6.45) is 8.34. The van der Waals surface area contributed by atoms with Gasteiger partial charge in [0.15, 0.2) is 4.80 Å². The monoisotopic (exact) mass is 495 g/mol. The number of rotatable bonds is 5. The minimum absolute atomic E-state index is 0.0224. The smallest absolute Gasteiger partial charge is 0.279 e. The molecule has 1 saturated heterocycles. The number of nitrogens with zero attached hydrogens (tertiary/aromatic N) is 3. The van der Waals surface area contributed by atoms with Crippen molar-refractivity contribution in [1.82, 2.24) is 8.87 Å². The number of fused-ring (bicyclic) bond motifs is 1. The molecule has 2 aromatic carbocycles. The number of terminal acetylenes is 1. The molecule has 1 unspecified atom stereocenters. The van der Waals surface area contributed by atoms with Crippen molar-refractivity contribution in [2.45, 2.75) is 63.4 Å². The average molecular weight is 496 g/mol. The van der Waals surface area contributed by atoms with E-state index >= 15 is 0 Å². The van der Waals surface area contributed by atoms with Crippen molar-refractivity contribution in [3.63, 3.8) is 0 Å². The Morgan fingerprint density at radius 3 is 2.59 bits per heavy atom. The van der Waals surface area contributed by atoms with E-state index in [0.717, 1.165) is 29.5 Å². The molecule has 1 aromatic heterocycles. The number of benzene rings is 2. The van der Waals surface area contributed by atoms with E-state index in [1.54, 1.807) is 4.31 Å². The molecule has 2 heterocycles. The van der Waals surface area contributed by atoms with Gasteiger partial charge in [-0.2, -0.15) is 9.30 Å². The van der Waals surface area contributed by atoms with E-state index in [1.807, 2.05) is 17.6 Å². The van der Waals surface area contributed by atoms with Crippen molar-refractivity contribution < 1.29 is 13.2 Å². The first-order valence-corrected chi connectivity index (χ1v) is 13.8. The van der Waals surface area contributed by atoms with E-state index in [9.17, 15) is 13.2 Å².